The van der Waals surface area contributed by atoms with Crippen molar-refractivity contribution in [3.05, 3.63) is 22.8 Å². The molecule has 0 aromatic carbocycles. The van der Waals surface area contributed by atoms with Gasteiger partial charge >= 0.3 is 5.97 Å². The van der Waals surface area contributed by atoms with E-state index in [0.717, 1.165) is 44.9 Å². The minimum Gasteiger partial charge on any atom is -0.462 e. The van der Waals surface area contributed by atoms with Crippen LogP contribution in [0.2, 0.25) is 0 Å². The van der Waals surface area contributed by atoms with E-state index >= 15 is 0 Å². The number of esters is 1. The lowest BCUT2D eigenvalue weighted by atomic mass is 9.70. The molecule has 53 heavy (non-hydrogen) atoms. The van der Waals surface area contributed by atoms with Crippen molar-refractivity contribution in [3.63, 3.8) is 0 Å². The highest BCUT2D eigenvalue weighted by Crippen LogP contribution is 2.57. The quantitative estimate of drug-likeness (QED) is 0.256. The summed E-state index contributed by atoms with van der Waals surface area (Å²) in [6.45, 7) is 8.10. The maximum atomic E-state index is 14.7. The molecule has 3 aliphatic carbocycles. The van der Waals surface area contributed by atoms with Crippen LogP contribution >= 0.6 is 11.6 Å². The SMILES string of the molecule is CC[C@H]1CCC[C@H](O[C@H]2CC[C@H](N(C)C)C(C)O2)[C@@H](C)C(=O)C2=C[C@@H]3C(C(Cl)=CC4C[C@@H](OC5OC(C)C(OC)C(OC)C5OC)C[C@H]43)[C@@H]2CC(=O)O1. The zero-order valence-corrected chi connectivity index (χ0v) is 34.0. The van der Waals surface area contributed by atoms with Gasteiger partial charge in [0.15, 0.2) is 18.4 Å². The van der Waals surface area contributed by atoms with Crippen molar-refractivity contribution in [1.29, 1.82) is 0 Å². The summed E-state index contributed by atoms with van der Waals surface area (Å²) in [5.41, 5.74) is 0.686. The second kappa shape index (κ2) is 17.8. The maximum absolute atomic E-state index is 14.7. The van der Waals surface area contributed by atoms with Crippen LogP contribution in [0.15, 0.2) is 22.8 Å². The molecule has 0 bridgehead atoms. The van der Waals surface area contributed by atoms with Gasteiger partial charge in [0.1, 0.15) is 24.4 Å². The van der Waals surface area contributed by atoms with E-state index in [1.165, 1.54) is 0 Å². The highest BCUT2D eigenvalue weighted by Gasteiger charge is 2.54. The zero-order chi connectivity index (χ0) is 38.1. The van der Waals surface area contributed by atoms with Crippen molar-refractivity contribution in [2.75, 3.05) is 35.4 Å². The summed E-state index contributed by atoms with van der Waals surface area (Å²) in [5.74, 6) is -0.862. The Morgan fingerprint density at radius 1 is 0.868 bits per heavy atom. The summed E-state index contributed by atoms with van der Waals surface area (Å²) in [6.07, 6.45) is 7.66. The molecule has 6 rings (SSSR count). The number of allylic oxidation sites excluding steroid dienone is 4. The molecule has 0 aromatic heterocycles. The lowest BCUT2D eigenvalue weighted by Gasteiger charge is -2.44. The van der Waals surface area contributed by atoms with Gasteiger partial charge in [-0.2, -0.15) is 0 Å². The Kier molecular flexibility index (Phi) is 13.9. The summed E-state index contributed by atoms with van der Waals surface area (Å²) in [6, 6.07) is 0.325. The maximum Gasteiger partial charge on any atom is 0.306 e. The van der Waals surface area contributed by atoms with E-state index < -0.39 is 18.3 Å². The molecular weight excluding hydrogens is 702 g/mol. The standard InChI is InChI=1S/C41H64ClNO10/c1-10-25-12-11-13-33(53-35-15-14-32(43(5)6)22(3)49-35)21(2)37(45)30-19-28-27-18-26(16-24(27)17-31(42)36(28)29(30)20-34(44)51-25)52-41-40(48-9)39(47-8)38(46-7)23(4)50-41/h17,19,21-29,32-33,35-36,38-41H,10-16,18,20H2,1-9H3/t21-,22?,23?,24?,25+,26-,27-,28+,29-,32+,33+,35+,36?,38?,39?,40?,41?/m1/s1. The van der Waals surface area contributed by atoms with Gasteiger partial charge in [-0.25, -0.2) is 0 Å². The van der Waals surface area contributed by atoms with Gasteiger partial charge in [-0.15, -0.1) is 0 Å². The normalized spacial score (nSPS) is 45.3. The average molecular weight is 766 g/mol. The number of carbonyl (C=O) groups is 2. The Labute approximate surface area is 321 Å². The van der Waals surface area contributed by atoms with Crippen molar-refractivity contribution < 1.29 is 47.5 Å². The Morgan fingerprint density at radius 3 is 2.26 bits per heavy atom. The number of nitrogens with zero attached hydrogens (tertiary/aromatic N) is 1. The van der Waals surface area contributed by atoms with Crippen LogP contribution in [0, 0.1) is 35.5 Å². The monoisotopic (exact) mass is 765 g/mol. The number of ether oxygens (including phenoxy) is 8. The van der Waals surface area contributed by atoms with Crippen LogP contribution in [-0.4, -0.2) is 120 Å². The molecule has 8 unspecified atom stereocenters. The molecule has 3 heterocycles. The Morgan fingerprint density at radius 2 is 1.60 bits per heavy atom. The first-order chi connectivity index (χ1) is 25.4. The second-order valence-corrected chi connectivity index (χ2v) is 17.0. The minimum absolute atomic E-state index is 0.0129. The van der Waals surface area contributed by atoms with Crippen molar-refractivity contribution >= 4 is 23.4 Å². The molecule has 3 saturated heterocycles. The molecular formula is C41H64ClNO10. The fourth-order valence-electron chi connectivity index (χ4n) is 10.5. The lowest BCUT2D eigenvalue weighted by molar-refractivity contribution is -0.314. The van der Waals surface area contributed by atoms with Gasteiger partial charge < -0.3 is 42.8 Å². The number of likely N-dealkylation sites (N-methyl/N-ethyl adjacent to an activating group) is 1. The highest BCUT2D eigenvalue weighted by atomic mass is 35.5. The largest absolute Gasteiger partial charge is 0.462 e. The summed E-state index contributed by atoms with van der Waals surface area (Å²) in [5, 5.41) is 0.716. The van der Waals surface area contributed by atoms with Crippen LogP contribution < -0.4 is 0 Å². The number of fused-ring (bicyclic) bond motifs is 5. The smallest absolute Gasteiger partial charge is 0.306 e. The number of hydrogen-bond donors (Lipinski definition) is 0. The van der Waals surface area contributed by atoms with Crippen molar-refractivity contribution in [2.45, 2.75) is 153 Å². The summed E-state index contributed by atoms with van der Waals surface area (Å²) < 4.78 is 49.5. The molecule has 6 aliphatic rings. The van der Waals surface area contributed by atoms with Gasteiger partial charge in [-0.1, -0.05) is 37.6 Å². The molecule has 12 heteroatoms. The van der Waals surface area contributed by atoms with E-state index in [9.17, 15) is 9.59 Å². The molecule has 300 valence electrons. The van der Waals surface area contributed by atoms with E-state index in [1.54, 1.807) is 21.3 Å². The van der Waals surface area contributed by atoms with Gasteiger partial charge in [-0.05, 0) is 103 Å². The third kappa shape index (κ3) is 8.64. The molecule has 17 atom stereocenters. The third-order valence-corrected chi connectivity index (χ3v) is 13.7. The summed E-state index contributed by atoms with van der Waals surface area (Å²) in [7, 11) is 9.10. The molecule has 0 amide bonds. The number of cyclic esters (lactones) is 1. The molecule has 11 nitrogen and oxygen atoms in total. The van der Waals surface area contributed by atoms with E-state index in [0.29, 0.717) is 23.1 Å². The van der Waals surface area contributed by atoms with Crippen LogP contribution in [-0.2, 0) is 47.5 Å². The van der Waals surface area contributed by atoms with E-state index in [1.807, 2.05) is 13.8 Å². The Bertz CT molecular complexity index is 1340. The predicted molar refractivity (Wildman–Crippen MR) is 199 cm³/mol. The molecule has 0 spiro atoms. The van der Waals surface area contributed by atoms with Gasteiger partial charge in [-0.3, -0.25) is 9.59 Å². The third-order valence-electron chi connectivity index (χ3n) is 13.3. The number of hydrogen-bond acceptors (Lipinski definition) is 11. The van der Waals surface area contributed by atoms with Gasteiger partial charge in [0, 0.05) is 50.2 Å². The number of methoxy groups -OCH3 is 3. The van der Waals surface area contributed by atoms with Gasteiger partial charge in [0.25, 0.3) is 0 Å². The lowest BCUT2D eigenvalue weighted by Crippen LogP contribution is -2.59. The number of rotatable bonds is 9. The molecule has 3 aliphatic heterocycles. The second-order valence-electron chi connectivity index (χ2n) is 16.6. The van der Waals surface area contributed by atoms with E-state index in [2.05, 4.69) is 45.0 Å². The first-order valence-electron chi connectivity index (χ1n) is 20.1. The number of halogens is 1. The topological polar surface area (TPSA) is 111 Å². The molecule has 0 aromatic rings. The van der Waals surface area contributed by atoms with E-state index in [-0.39, 0.29) is 96.8 Å². The first-order valence-corrected chi connectivity index (χ1v) is 20.5. The van der Waals surface area contributed by atoms with Gasteiger partial charge in [0.2, 0.25) is 0 Å². The summed E-state index contributed by atoms with van der Waals surface area (Å²) in [4.78, 5) is 30.5. The minimum atomic E-state index is -0.630. The fourth-order valence-corrected chi connectivity index (χ4v) is 10.9. The van der Waals surface area contributed by atoms with Gasteiger partial charge in [0.05, 0.1) is 30.8 Å². The highest BCUT2D eigenvalue weighted by molar-refractivity contribution is 6.30. The Balaban J connectivity index is 1.23. The number of Topliss-reactive ketones (excluding diaryl/α,β-unsaturated/α-hetero) is 1. The Hall–Kier alpha value is -1.41. The first kappa shape index (κ1) is 41.2. The molecule has 0 radical (unpaired) electrons. The fraction of sp³-hybridized carbons (Fsp3) is 0.854. The molecule has 0 N–H and O–H groups in total. The van der Waals surface area contributed by atoms with Crippen LogP contribution in [0.4, 0.5) is 0 Å². The molecule has 1 saturated carbocycles. The average Bonchev–Trinajstić information content (AvgIpc) is 3.70. The number of ketones is 1. The van der Waals surface area contributed by atoms with E-state index in [4.69, 9.17) is 49.5 Å². The zero-order valence-electron chi connectivity index (χ0n) is 33.2. The van der Waals surface area contributed by atoms with Crippen molar-refractivity contribution in [3.8, 4) is 0 Å². The van der Waals surface area contributed by atoms with Crippen molar-refractivity contribution in [2.24, 2.45) is 35.5 Å². The molecule has 4 fully saturated rings. The number of carbonyl (C=O) groups excluding carboxylic acids is 2. The summed E-state index contributed by atoms with van der Waals surface area (Å²) >= 11 is 7.20. The van der Waals surface area contributed by atoms with Crippen LogP contribution in [0.1, 0.15) is 85.5 Å². The van der Waals surface area contributed by atoms with Crippen LogP contribution in [0.5, 0.6) is 0 Å². The van der Waals surface area contributed by atoms with Crippen molar-refractivity contribution in [1.82, 2.24) is 4.90 Å². The van der Waals surface area contributed by atoms with Crippen LogP contribution in [0.25, 0.3) is 0 Å². The predicted octanol–water partition coefficient (Wildman–Crippen LogP) is 6.05. The van der Waals surface area contributed by atoms with Crippen LogP contribution in [0.3, 0.4) is 0 Å².